The first kappa shape index (κ1) is 19.2. The van der Waals surface area contributed by atoms with Crippen molar-refractivity contribution < 1.29 is 9.53 Å². The summed E-state index contributed by atoms with van der Waals surface area (Å²) in [5.74, 6) is 1.71. The van der Waals surface area contributed by atoms with Gasteiger partial charge in [0.2, 0.25) is 17.7 Å². The molecule has 1 aromatic carbocycles. The van der Waals surface area contributed by atoms with Gasteiger partial charge in [0.25, 0.3) is 0 Å². The number of nitrogens with one attached hydrogen (secondary N) is 1. The van der Waals surface area contributed by atoms with Gasteiger partial charge in [0.1, 0.15) is 0 Å². The van der Waals surface area contributed by atoms with Gasteiger partial charge < -0.3 is 19.5 Å². The highest BCUT2D eigenvalue weighted by molar-refractivity contribution is 5.89. The van der Waals surface area contributed by atoms with Crippen molar-refractivity contribution in [3.63, 3.8) is 0 Å². The Morgan fingerprint density at radius 1 is 1.31 bits per heavy atom. The first-order valence-electron chi connectivity index (χ1n) is 10.1. The van der Waals surface area contributed by atoms with Crippen LogP contribution in [0.2, 0.25) is 0 Å². The molecule has 1 aliphatic heterocycles. The molecule has 0 bridgehead atoms. The van der Waals surface area contributed by atoms with Gasteiger partial charge in [-0.2, -0.15) is 4.98 Å². The van der Waals surface area contributed by atoms with Gasteiger partial charge in [0, 0.05) is 56.0 Å². The molecule has 1 aliphatic rings. The third kappa shape index (κ3) is 4.34. The van der Waals surface area contributed by atoms with Crippen molar-refractivity contribution in [1.82, 2.24) is 19.9 Å². The topological polar surface area (TPSA) is 72.3 Å². The summed E-state index contributed by atoms with van der Waals surface area (Å²) < 4.78 is 7.28. The number of carbonyl (C=O) groups is 1. The summed E-state index contributed by atoms with van der Waals surface area (Å²) in [6, 6.07) is 9.94. The van der Waals surface area contributed by atoms with Crippen LogP contribution in [0.5, 0.6) is 5.88 Å². The van der Waals surface area contributed by atoms with Crippen molar-refractivity contribution in [2.75, 3.05) is 31.6 Å². The molecule has 1 unspecified atom stereocenters. The van der Waals surface area contributed by atoms with E-state index in [1.807, 2.05) is 25.4 Å². The lowest BCUT2D eigenvalue weighted by Crippen LogP contribution is -2.42. The lowest BCUT2D eigenvalue weighted by molar-refractivity contribution is -0.120. The molecule has 2 aromatic heterocycles. The van der Waals surface area contributed by atoms with Crippen molar-refractivity contribution >= 4 is 22.8 Å². The molecule has 7 heteroatoms. The van der Waals surface area contributed by atoms with Crippen LogP contribution in [-0.2, 0) is 18.3 Å². The number of aromatic nitrogens is 3. The number of aryl methyl sites for hydroxylation is 1. The van der Waals surface area contributed by atoms with E-state index in [-0.39, 0.29) is 5.91 Å². The van der Waals surface area contributed by atoms with Gasteiger partial charge in [-0.15, -0.1) is 0 Å². The maximum absolute atomic E-state index is 12.6. The smallest absolute Gasteiger partial charge is 0.228 e. The second-order valence-electron chi connectivity index (χ2n) is 7.62. The molecule has 1 fully saturated rings. The largest absolute Gasteiger partial charge is 0.481 e. The van der Waals surface area contributed by atoms with Gasteiger partial charge in [0.15, 0.2) is 0 Å². The van der Waals surface area contributed by atoms with E-state index in [4.69, 9.17) is 4.74 Å². The number of carbonyl (C=O) groups excluding carboxylic acids is 1. The number of anilines is 1. The Hall–Kier alpha value is -3.09. The normalized spacial score (nSPS) is 16.8. The number of nitrogens with zero attached hydrogens (tertiary/aromatic N) is 4. The monoisotopic (exact) mass is 393 g/mol. The van der Waals surface area contributed by atoms with Crippen molar-refractivity contribution in [1.29, 1.82) is 0 Å². The fourth-order valence-corrected chi connectivity index (χ4v) is 4.07. The average Bonchev–Trinajstić information content (AvgIpc) is 3.08. The standard InChI is InChI=1S/C22H27N5O2/c1-26-15-17(18-7-3-4-8-19(18)26)12-20(28)24-13-16-6-5-11-27(14-16)22-23-10-9-21(25-22)29-2/h3-4,7-10,15-16H,5-6,11-14H2,1-2H3,(H,24,28). The van der Waals surface area contributed by atoms with Gasteiger partial charge in [-0.05, 0) is 30.4 Å². The first-order chi connectivity index (χ1) is 14.1. The second-order valence-corrected chi connectivity index (χ2v) is 7.62. The number of benzene rings is 1. The van der Waals surface area contributed by atoms with Crippen molar-refractivity contribution in [2.45, 2.75) is 19.3 Å². The molecular weight excluding hydrogens is 366 g/mol. The van der Waals surface area contributed by atoms with Gasteiger partial charge in [-0.25, -0.2) is 4.98 Å². The Morgan fingerprint density at radius 2 is 2.17 bits per heavy atom. The number of methoxy groups -OCH3 is 1. The van der Waals surface area contributed by atoms with E-state index in [0.717, 1.165) is 42.4 Å². The molecule has 1 saturated heterocycles. The summed E-state index contributed by atoms with van der Waals surface area (Å²) >= 11 is 0. The summed E-state index contributed by atoms with van der Waals surface area (Å²) in [6.07, 6.45) is 6.32. The van der Waals surface area contributed by atoms with Crippen LogP contribution in [-0.4, -0.2) is 47.2 Å². The maximum atomic E-state index is 12.6. The molecule has 4 rings (SSSR count). The van der Waals surface area contributed by atoms with Crippen LogP contribution in [0, 0.1) is 5.92 Å². The van der Waals surface area contributed by atoms with E-state index in [9.17, 15) is 4.79 Å². The Labute approximate surface area is 170 Å². The number of hydrogen-bond acceptors (Lipinski definition) is 5. The number of fused-ring (bicyclic) bond motifs is 1. The molecule has 3 aromatic rings. The highest BCUT2D eigenvalue weighted by Gasteiger charge is 2.22. The van der Waals surface area contributed by atoms with Crippen LogP contribution >= 0.6 is 0 Å². The third-order valence-corrected chi connectivity index (χ3v) is 5.55. The molecule has 1 N–H and O–H groups in total. The SMILES string of the molecule is COc1ccnc(N2CCCC(CNC(=O)Cc3cn(C)c4ccccc34)C2)n1. The molecular formula is C22H27N5O2. The fraction of sp³-hybridized carbons (Fsp3) is 0.409. The average molecular weight is 393 g/mol. The number of para-hydroxylation sites is 1. The highest BCUT2D eigenvalue weighted by Crippen LogP contribution is 2.22. The van der Waals surface area contributed by atoms with E-state index in [1.165, 1.54) is 0 Å². The van der Waals surface area contributed by atoms with Crippen molar-refractivity contribution in [2.24, 2.45) is 13.0 Å². The Kier molecular flexibility index (Phi) is 5.64. The summed E-state index contributed by atoms with van der Waals surface area (Å²) in [5, 5.41) is 4.27. The van der Waals surface area contributed by atoms with Crippen LogP contribution in [0.25, 0.3) is 10.9 Å². The molecule has 0 saturated carbocycles. The lowest BCUT2D eigenvalue weighted by Gasteiger charge is -2.32. The lowest BCUT2D eigenvalue weighted by atomic mass is 9.98. The van der Waals surface area contributed by atoms with E-state index in [2.05, 4.69) is 36.9 Å². The minimum absolute atomic E-state index is 0.0658. The van der Waals surface area contributed by atoms with Crippen LogP contribution in [0.15, 0.2) is 42.7 Å². The van der Waals surface area contributed by atoms with E-state index >= 15 is 0 Å². The molecule has 0 spiro atoms. The minimum atomic E-state index is 0.0658. The van der Waals surface area contributed by atoms with Crippen LogP contribution in [0.3, 0.4) is 0 Å². The zero-order valence-corrected chi connectivity index (χ0v) is 17.0. The van der Waals surface area contributed by atoms with Gasteiger partial charge in [-0.1, -0.05) is 18.2 Å². The van der Waals surface area contributed by atoms with E-state index < -0.39 is 0 Å². The number of rotatable bonds is 6. The summed E-state index contributed by atoms with van der Waals surface area (Å²) in [5.41, 5.74) is 2.21. The van der Waals surface area contributed by atoms with Crippen molar-refractivity contribution in [3.05, 3.63) is 48.3 Å². The number of ether oxygens (including phenoxy) is 1. The molecule has 29 heavy (non-hydrogen) atoms. The van der Waals surface area contributed by atoms with Crippen molar-refractivity contribution in [3.8, 4) is 5.88 Å². The molecule has 0 aliphatic carbocycles. The minimum Gasteiger partial charge on any atom is -0.481 e. The Morgan fingerprint density at radius 3 is 3.03 bits per heavy atom. The third-order valence-electron chi connectivity index (χ3n) is 5.55. The number of piperidine rings is 1. The quantitative estimate of drug-likeness (QED) is 0.697. The highest BCUT2D eigenvalue weighted by atomic mass is 16.5. The molecule has 3 heterocycles. The Balaban J connectivity index is 1.34. The summed E-state index contributed by atoms with van der Waals surface area (Å²) in [7, 11) is 3.62. The van der Waals surface area contributed by atoms with Gasteiger partial charge >= 0.3 is 0 Å². The van der Waals surface area contributed by atoms with Gasteiger partial charge in [-0.3, -0.25) is 4.79 Å². The molecule has 1 atom stereocenters. The summed E-state index contributed by atoms with van der Waals surface area (Å²) in [6.45, 7) is 2.43. The number of amides is 1. The molecule has 1 amide bonds. The predicted octanol–water partition coefficient (Wildman–Crippen LogP) is 2.55. The fourth-order valence-electron chi connectivity index (χ4n) is 4.07. The van der Waals surface area contributed by atoms with Crippen LogP contribution < -0.4 is 15.0 Å². The maximum Gasteiger partial charge on any atom is 0.228 e. The molecule has 7 nitrogen and oxygen atoms in total. The van der Waals surface area contributed by atoms with E-state index in [0.29, 0.717) is 30.7 Å². The zero-order chi connectivity index (χ0) is 20.2. The molecule has 0 radical (unpaired) electrons. The second kappa shape index (κ2) is 8.51. The number of hydrogen-bond donors (Lipinski definition) is 1. The van der Waals surface area contributed by atoms with Crippen LogP contribution in [0.4, 0.5) is 5.95 Å². The van der Waals surface area contributed by atoms with Gasteiger partial charge in [0.05, 0.1) is 13.5 Å². The van der Waals surface area contributed by atoms with Crippen LogP contribution in [0.1, 0.15) is 18.4 Å². The summed E-state index contributed by atoms with van der Waals surface area (Å²) in [4.78, 5) is 23.5. The zero-order valence-electron chi connectivity index (χ0n) is 17.0. The van der Waals surface area contributed by atoms with E-state index in [1.54, 1.807) is 19.4 Å². The first-order valence-corrected chi connectivity index (χ1v) is 10.1. The predicted molar refractivity (Wildman–Crippen MR) is 113 cm³/mol. The Bertz CT molecular complexity index is 1000. The molecule has 152 valence electrons.